The predicted octanol–water partition coefficient (Wildman–Crippen LogP) is 3.77. The Labute approximate surface area is 427 Å². The van der Waals surface area contributed by atoms with Gasteiger partial charge in [-0.15, -0.1) is 0 Å². The Bertz CT molecular complexity index is 2270. The Morgan fingerprint density at radius 2 is 1.49 bits per heavy atom. The molecule has 0 unspecified atom stereocenters. The minimum absolute atomic E-state index is 0.00990. The first-order valence-electron chi connectivity index (χ1n) is 25.9. The van der Waals surface area contributed by atoms with E-state index in [9.17, 15) is 38.7 Å². The summed E-state index contributed by atoms with van der Waals surface area (Å²) in [7, 11) is 0. The fourth-order valence-corrected chi connectivity index (χ4v) is 12.0. The van der Waals surface area contributed by atoms with Crippen LogP contribution in [0.25, 0.3) is 0 Å². The highest BCUT2D eigenvalue weighted by Gasteiger charge is 2.76. The Kier molecular flexibility index (Phi) is 18.6. The molecule has 3 saturated carbocycles. The first kappa shape index (κ1) is 55.6. The zero-order valence-corrected chi connectivity index (χ0v) is 43.0. The third-order valence-corrected chi connectivity index (χ3v) is 15.7. The molecule has 0 aromatic heterocycles. The summed E-state index contributed by atoms with van der Waals surface area (Å²) in [4.78, 5) is 90.5. The number of ether oxygens (including phenoxy) is 7. The molecule has 6 aliphatic rings. The number of allylic oxidation sites excluding steroid dienone is 4. The Morgan fingerprint density at radius 3 is 2.14 bits per heavy atom. The number of benzene rings is 1. The summed E-state index contributed by atoms with van der Waals surface area (Å²) in [6.45, 7) is 13.4. The number of rotatable bonds is 27. The lowest BCUT2D eigenvalue weighted by molar-refractivity contribution is -0.200. The van der Waals surface area contributed by atoms with E-state index in [1.54, 1.807) is 57.2 Å². The zero-order valence-electron chi connectivity index (χ0n) is 43.0. The smallest absolute Gasteiger partial charge is 0.253 e. The number of Topliss-reactive ketones (excluding diaryl/α,β-unsaturated/α-hetero) is 1. The van der Waals surface area contributed by atoms with Gasteiger partial charge in [0.1, 0.15) is 24.4 Å². The van der Waals surface area contributed by atoms with E-state index >= 15 is 0 Å². The molecule has 2 heterocycles. The maximum atomic E-state index is 14.7. The number of imide groups is 1. The van der Waals surface area contributed by atoms with Gasteiger partial charge < -0.3 is 54.2 Å². The molecule has 2 aliphatic heterocycles. The number of nitrogens with one attached hydrogen (secondary N) is 3. The fourth-order valence-electron chi connectivity index (χ4n) is 12.0. The SMILES string of the molecule is CCC[C@@H]1O[C@@H]2C[C@H]3[C@@H]4CCC5=CC(=O)C=C[C@]5(C)[C@H]4[C@@H](O)C[C@]3(C)[C@]2(C(=O)COc2ccc(NC(=O)[C@H](C)NC(=O)[C@@H](NC(=O)CCOCCOCCOCCOCCN3C(=O)C=CC3=O)C(C)C)cc2)O1. The third kappa shape index (κ3) is 12.4. The molecule has 4 fully saturated rings. The summed E-state index contributed by atoms with van der Waals surface area (Å²) in [5.74, 6) is -2.21. The van der Waals surface area contributed by atoms with Crippen LogP contribution in [0.3, 0.4) is 0 Å². The number of hydrogen-bond acceptors (Lipinski definition) is 15. The molecule has 1 saturated heterocycles. The number of hydrogen-bond donors (Lipinski definition) is 4. The van der Waals surface area contributed by atoms with Crippen LogP contribution in [0.5, 0.6) is 5.75 Å². The van der Waals surface area contributed by atoms with Crippen molar-refractivity contribution >= 4 is 46.8 Å². The first-order valence-corrected chi connectivity index (χ1v) is 25.9. The second-order valence-electron chi connectivity index (χ2n) is 20.7. The summed E-state index contributed by atoms with van der Waals surface area (Å²) in [5.41, 5.74) is -1.01. The van der Waals surface area contributed by atoms with Crippen molar-refractivity contribution in [1.82, 2.24) is 15.5 Å². The minimum atomic E-state index is -1.32. The molecule has 1 aromatic carbocycles. The van der Waals surface area contributed by atoms with Gasteiger partial charge in [0.15, 0.2) is 17.7 Å². The van der Waals surface area contributed by atoms with Crippen LogP contribution in [0, 0.1) is 34.5 Å². The minimum Gasteiger partial charge on any atom is -0.486 e. The van der Waals surface area contributed by atoms with Crippen molar-refractivity contribution in [3.05, 3.63) is 60.2 Å². The monoisotopic (exact) mass is 1020 g/mol. The highest BCUT2D eigenvalue weighted by molar-refractivity contribution is 6.12. The van der Waals surface area contributed by atoms with Crippen LogP contribution in [-0.4, -0.2) is 153 Å². The van der Waals surface area contributed by atoms with E-state index in [0.29, 0.717) is 57.1 Å². The van der Waals surface area contributed by atoms with Crippen LogP contribution in [-0.2, 0) is 62.0 Å². The molecule has 0 bridgehead atoms. The molecule has 19 heteroatoms. The van der Waals surface area contributed by atoms with Gasteiger partial charge in [0.25, 0.3) is 11.8 Å². The molecule has 400 valence electrons. The summed E-state index contributed by atoms with van der Waals surface area (Å²) in [6.07, 6.45) is 9.96. The van der Waals surface area contributed by atoms with Gasteiger partial charge in [0, 0.05) is 41.0 Å². The molecule has 5 amide bonds. The van der Waals surface area contributed by atoms with E-state index in [1.807, 2.05) is 13.0 Å². The van der Waals surface area contributed by atoms with Gasteiger partial charge in [-0.2, -0.15) is 0 Å². The molecular weight excluding hydrogens is 945 g/mol. The molecule has 0 radical (unpaired) electrons. The van der Waals surface area contributed by atoms with Crippen LogP contribution in [0.2, 0.25) is 0 Å². The van der Waals surface area contributed by atoms with Crippen molar-refractivity contribution in [3.63, 3.8) is 0 Å². The van der Waals surface area contributed by atoms with Gasteiger partial charge in [-0.3, -0.25) is 38.5 Å². The van der Waals surface area contributed by atoms with E-state index in [-0.39, 0.29) is 99.0 Å². The average molecular weight is 1020 g/mol. The summed E-state index contributed by atoms with van der Waals surface area (Å²) < 4.78 is 41.3. The van der Waals surface area contributed by atoms with Gasteiger partial charge in [-0.25, -0.2) is 0 Å². The van der Waals surface area contributed by atoms with Gasteiger partial charge in [0.05, 0.1) is 71.6 Å². The zero-order chi connectivity index (χ0) is 52.5. The number of carbonyl (C=O) groups excluding carboxylic acids is 7. The summed E-state index contributed by atoms with van der Waals surface area (Å²) in [5, 5.41) is 20.3. The van der Waals surface area contributed by atoms with Crippen LogP contribution in [0.15, 0.2) is 60.2 Å². The number of ketones is 2. The molecule has 73 heavy (non-hydrogen) atoms. The normalized spacial score (nSPS) is 29.8. The number of amides is 5. The van der Waals surface area contributed by atoms with Crippen LogP contribution >= 0.6 is 0 Å². The number of anilines is 1. The number of fused-ring (bicyclic) bond motifs is 7. The largest absolute Gasteiger partial charge is 0.486 e. The van der Waals surface area contributed by atoms with Gasteiger partial charge in [0.2, 0.25) is 23.5 Å². The molecule has 19 nitrogen and oxygen atoms in total. The first-order chi connectivity index (χ1) is 34.9. The van der Waals surface area contributed by atoms with E-state index < -0.39 is 58.8 Å². The average Bonchev–Trinajstić information content (AvgIpc) is 3.97. The van der Waals surface area contributed by atoms with Crippen molar-refractivity contribution in [2.45, 2.75) is 123 Å². The lowest BCUT2D eigenvalue weighted by Gasteiger charge is -2.59. The van der Waals surface area contributed by atoms with E-state index in [0.717, 1.165) is 29.7 Å². The summed E-state index contributed by atoms with van der Waals surface area (Å²) >= 11 is 0. The van der Waals surface area contributed by atoms with Crippen molar-refractivity contribution in [1.29, 1.82) is 0 Å². The molecule has 1 aromatic rings. The third-order valence-electron chi connectivity index (χ3n) is 15.7. The van der Waals surface area contributed by atoms with Gasteiger partial charge in [-0.05, 0) is 93.2 Å². The Hall–Kier alpha value is -5.15. The number of aliphatic hydroxyl groups excluding tert-OH is 1. The second-order valence-corrected chi connectivity index (χ2v) is 20.7. The Morgan fingerprint density at radius 1 is 0.849 bits per heavy atom. The molecule has 0 spiro atoms. The van der Waals surface area contributed by atoms with Crippen molar-refractivity contribution in [2.24, 2.45) is 34.5 Å². The van der Waals surface area contributed by atoms with Crippen molar-refractivity contribution < 1.29 is 71.8 Å². The number of aliphatic hydroxyl groups is 1. The lowest BCUT2D eigenvalue weighted by atomic mass is 9.46. The molecule has 11 atom stereocenters. The predicted molar refractivity (Wildman–Crippen MR) is 264 cm³/mol. The lowest BCUT2D eigenvalue weighted by Crippen LogP contribution is -2.63. The van der Waals surface area contributed by atoms with Crippen molar-refractivity contribution in [2.75, 3.05) is 71.3 Å². The summed E-state index contributed by atoms with van der Waals surface area (Å²) in [6, 6.07) is 4.70. The standard InChI is InChI=1S/C54H74N4O15/c1-7-8-47-72-43-30-40-39-14-9-35-29-37(59)17-19-52(35,5)48(39)41(60)31-53(40,6)54(43,73-47)42(61)32-71-38-12-10-36(11-13-38)56-50(65)34(4)55-51(66)49(33(2)3)57-44(62)18-21-67-23-25-69-27-28-70-26-24-68-22-20-58-45(63)15-16-46(58)64/h10-13,15-17,19,29,33-34,39-41,43,47-49,60H,7-9,14,18,20-28,30-32H2,1-6H3,(H,55,66)(H,56,65)(H,57,62)/t34-,39-,40-,41-,43+,47+,48+,49-,52-,53-,54+/m0/s1. The van der Waals surface area contributed by atoms with Gasteiger partial charge >= 0.3 is 0 Å². The maximum absolute atomic E-state index is 14.7. The molecule has 7 rings (SSSR count). The fraction of sp³-hybridized carbons (Fsp3) is 0.648. The quantitative estimate of drug-likeness (QED) is 0.0725. The van der Waals surface area contributed by atoms with E-state index in [1.165, 1.54) is 12.2 Å². The Balaban J connectivity index is 0.809. The number of carbonyl (C=O) groups is 7. The maximum Gasteiger partial charge on any atom is 0.253 e. The van der Waals surface area contributed by atoms with Crippen LogP contribution < -0.4 is 20.7 Å². The highest BCUT2D eigenvalue weighted by Crippen LogP contribution is 2.69. The van der Waals surface area contributed by atoms with Crippen molar-refractivity contribution in [3.8, 4) is 5.75 Å². The highest BCUT2D eigenvalue weighted by atomic mass is 16.7. The van der Waals surface area contributed by atoms with Crippen LogP contribution in [0.4, 0.5) is 5.69 Å². The van der Waals surface area contributed by atoms with E-state index in [2.05, 4.69) is 29.8 Å². The topological polar surface area (TPSA) is 244 Å². The second kappa shape index (κ2) is 24.5. The van der Waals surface area contributed by atoms with E-state index in [4.69, 9.17) is 33.2 Å². The van der Waals surface area contributed by atoms with Gasteiger partial charge in [-0.1, -0.05) is 52.7 Å². The van der Waals surface area contributed by atoms with Crippen LogP contribution in [0.1, 0.15) is 86.5 Å². The molecule has 4 aliphatic carbocycles. The molecular formula is C54H74N4O15. The number of nitrogens with zero attached hydrogens (tertiary/aromatic N) is 1. The molecule has 4 N–H and O–H groups in total.